The third-order valence-corrected chi connectivity index (χ3v) is 4.55. The topological polar surface area (TPSA) is 138 Å². The van der Waals surface area contributed by atoms with E-state index in [1.165, 1.54) is 39.5 Å². The van der Waals surface area contributed by atoms with Gasteiger partial charge in [0.15, 0.2) is 29.1 Å². The molecule has 0 aliphatic heterocycles. The maximum Gasteiger partial charge on any atom is 0.204 e. The van der Waals surface area contributed by atoms with E-state index >= 15 is 0 Å². The molecule has 30 heavy (non-hydrogen) atoms. The first-order chi connectivity index (χ1) is 14.4. The van der Waals surface area contributed by atoms with Crippen LogP contribution in [0.1, 0.15) is 17.2 Å². The number of benzene rings is 2. The molecular weight excluding hydrogens is 396 g/mol. The normalized spacial score (nSPS) is 14.0. The Balaban J connectivity index is 2.35. The number of hydrogen-bond donors (Lipinski definition) is 5. The molecule has 0 spiro atoms. The van der Waals surface area contributed by atoms with Crippen LogP contribution in [0.5, 0.6) is 28.7 Å². The number of aliphatic hydroxyl groups is 4. The molecule has 5 N–H and O–H groups in total. The van der Waals surface area contributed by atoms with Crippen molar-refractivity contribution in [1.82, 2.24) is 0 Å². The van der Waals surface area contributed by atoms with Gasteiger partial charge in [0.2, 0.25) is 5.75 Å². The summed E-state index contributed by atoms with van der Waals surface area (Å²) in [5.74, 6) is 0.780. The third-order valence-electron chi connectivity index (χ3n) is 4.55. The van der Waals surface area contributed by atoms with Crippen molar-refractivity contribution in [1.29, 1.82) is 0 Å². The highest BCUT2D eigenvalue weighted by molar-refractivity contribution is 5.54. The van der Waals surface area contributed by atoms with E-state index in [2.05, 4.69) is 0 Å². The van der Waals surface area contributed by atoms with Crippen LogP contribution in [0.4, 0.5) is 0 Å². The molecule has 0 amide bonds. The van der Waals surface area contributed by atoms with Crippen LogP contribution in [-0.4, -0.2) is 72.3 Å². The van der Waals surface area contributed by atoms with Crippen LogP contribution in [0, 0.1) is 0 Å². The molecule has 9 nitrogen and oxygen atoms in total. The molecule has 3 atom stereocenters. The Morgan fingerprint density at radius 2 is 1.43 bits per heavy atom. The lowest BCUT2D eigenvalue weighted by Gasteiger charge is -2.25. The molecule has 0 fully saturated rings. The van der Waals surface area contributed by atoms with Crippen molar-refractivity contribution in [2.75, 3.05) is 34.5 Å². The summed E-state index contributed by atoms with van der Waals surface area (Å²) < 4.78 is 21.6. The van der Waals surface area contributed by atoms with Gasteiger partial charge >= 0.3 is 0 Å². The summed E-state index contributed by atoms with van der Waals surface area (Å²) in [4.78, 5) is 0. The molecule has 0 saturated carbocycles. The van der Waals surface area contributed by atoms with Crippen molar-refractivity contribution >= 4 is 0 Å². The zero-order chi connectivity index (χ0) is 22.3. The van der Waals surface area contributed by atoms with Gasteiger partial charge in [-0.3, -0.25) is 0 Å². The fourth-order valence-electron chi connectivity index (χ4n) is 2.95. The van der Waals surface area contributed by atoms with E-state index in [9.17, 15) is 20.4 Å². The number of phenolic OH excluding ortho intramolecular Hbond substituents is 1. The first-order valence-corrected chi connectivity index (χ1v) is 9.24. The smallest absolute Gasteiger partial charge is 0.204 e. The maximum absolute atomic E-state index is 10.7. The quantitative estimate of drug-likeness (QED) is 0.354. The number of hydrogen-bond acceptors (Lipinski definition) is 9. The number of methoxy groups -OCH3 is 3. The molecule has 166 valence electrons. The molecule has 2 aromatic carbocycles. The zero-order valence-electron chi connectivity index (χ0n) is 17.1. The summed E-state index contributed by atoms with van der Waals surface area (Å²) in [6.07, 6.45) is -3.11. The lowest BCUT2D eigenvalue weighted by atomic mass is 10.0. The van der Waals surface area contributed by atoms with Gasteiger partial charge < -0.3 is 44.5 Å². The van der Waals surface area contributed by atoms with Crippen LogP contribution in [0.25, 0.3) is 0 Å². The first kappa shape index (κ1) is 23.6. The molecule has 2 aromatic rings. The lowest BCUT2D eigenvalue weighted by molar-refractivity contribution is -0.00177. The van der Waals surface area contributed by atoms with Crippen molar-refractivity contribution in [2.45, 2.75) is 24.7 Å². The van der Waals surface area contributed by atoms with Gasteiger partial charge in [-0.1, -0.05) is 6.07 Å². The van der Waals surface area contributed by atoms with Gasteiger partial charge in [0.25, 0.3) is 0 Å². The third kappa shape index (κ3) is 5.45. The Morgan fingerprint density at radius 3 is 1.93 bits per heavy atom. The highest BCUT2D eigenvalue weighted by atomic mass is 16.6. The van der Waals surface area contributed by atoms with Crippen LogP contribution in [0.15, 0.2) is 30.3 Å². The van der Waals surface area contributed by atoms with Gasteiger partial charge in [-0.25, -0.2) is 0 Å². The van der Waals surface area contributed by atoms with E-state index in [4.69, 9.17) is 24.1 Å². The fourth-order valence-corrected chi connectivity index (χ4v) is 2.95. The Kier molecular flexibility index (Phi) is 8.55. The first-order valence-electron chi connectivity index (χ1n) is 9.24. The Labute approximate surface area is 174 Å². The molecule has 9 heteroatoms. The fraction of sp³-hybridized carbons (Fsp3) is 0.429. The van der Waals surface area contributed by atoms with Gasteiger partial charge in [-0.05, 0) is 35.4 Å². The second-order valence-corrected chi connectivity index (χ2v) is 6.58. The van der Waals surface area contributed by atoms with E-state index in [-0.39, 0.29) is 35.2 Å². The standard InChI is InChI=1S/C21H28O9/c1-27-16-9-13(4-5-15(16)25)20(26)19(11-23)30-21-17(28-2)7-12(6-14(24)10-22)8-18(21)29-3/h4-5,7-9,14,19-20,22-26H,6,10-11H2,1-3H3. The molecule has 0 aliphatic rings. The summed E-state index contributed by atoms with van der Waals surface area (Å²) in [5, 5.41) is 49.0. The van der Waals surface area contributed by atoms with E-state index < -0.39 is 31.5 Å². The molecule has 0 aromatic heterocycles. The Morgan fingerprint density at radius 1 is 0.833 bits per heavy atom. The van der Waals surface area contributed by atoms with Crippen LogP contribution in [0.3, 0.4) is 0 Å². The maximum atomic E-state index is 10.7. The monoisotopic (exact) mass is 424 g/mol. The second-order valence-electron chi connectivity index (χ2n) is 6.58. The van der Waals surface area contributed by atoms with Crippen molar-refractivity contribution in [3.8, 4) is 28.7 Å². The van der Waals surface area contributed by atoms with E-state index in [0.717, 1.165) is 0 Å². The van der Waals surface area contributed by atoms with Crippen LogP contribution < -0.4 is 18.9 Å². The average Bonchev–Trinajstić information content (AvgIpc) is 2.77. The van der Waals surface area contributed by atoms with Gasteiger partial charge in [0.1, 0.15) is 6.10 Å². The summed E-state index contributed by atoms with van der Waals surface area (Å²) in [6, 6.07) is 7.53. The number of rotatable bonds is 11. The minimum Gasteiger partial charge on any atom is -0.504 e. The van der Waals surface area contributed by atoms with Crippen LogP contribution >= 0.6 is 0 Å². The number of phenols is 1. The van der Waals surface area contributed by atoms with E-state index in [0.29, 0.717) is 11.1 Å². The summed E-state index contributed by atoms with van der Waals surface area (Å²) >= 11 is 0. The highest BCUT2D eigenvalue weighted by Gasteiger charge is 2.27. The second kappa shape index (κ2) is 10.9. The van der Waals surface area contributed by atoms with Crippen LogP contribution in [0.2, 0.25) is 0 Å². The predicted molar refractivity (Wildman–Crippen MR) is 107 cm³/mol. The predicted octanol–water partition coefficient (Wildman–Crippen LogP) is 0.787. The largest absolute Gasteiger partial charge is 0.504 e. The zero-order valence-corrected chi connectivity index (χ0v) is 17.1. The molecule has 0 saturated heterocycles. The summed E-state index contributed by atoms with van der Waals surface area (Å²) in [5.41, 5.74) is 1.01. The minimum atomic E-state index is -1.25. The highest BCUT2D eigenvalue weighted by Crippen LogP contribution is 2.41. The SMILES string of the molecule is COc1cc(C(O)C(CO)Oc2c(OC)cc(CC(O)CO)cc2OC)ccc1O. The molecule has 0 heterocycles. The van der Waals surface area contributed by atoms with Gasteiger partial charge in [0, 0.05) is 6.42 Å². The van der Waals surface area contributed by atoms with Crippen molar-refractivity contribution in [2.24, 2.45) is 0 Å². The van der Waals surface area contributed by atoms with Crippen molar-refractivity contribution in [3.63, 3.8) is 0 Å². The van der Waals surface area contributed by atoms with Crippen molar-refractivity contribution in [3.05, 3.63) is 41.5 Å². The molecule has 2 rings (SSSR count). The van der Waals surface area contributed by atoms with Gasteiger partial charge in [0.05, 0.1) is 40.6 Å². The molecule has 0 radical (unpaired) electrons. The van der Waals surface area contributed by atoms with E-state index in [1.807, 2.05) is 0 Å². The summed E-state index contributed by atoms with van der Waals surface area (Å²) in [7, 11) is 4.22. The van der Waals surface area contributed by atoms with Gasteiger partial charge in [-0.15, -0.1) is 0 Å². The van der Waals surface area contributed by atoms with E-state index in [1.54, 1.807) is 12.1 Å². The van der Waals surface area contributed by atoms with Crippen molar-refractivity contribution < 1.29 is 44.5 Å². The molecule has 0 bridgehead atoms. The Bertz CT molecular complexity index is 799. The number of aromatic hydroxyl groups is 1. The Hall–Kier alpha value is -2.72. The number of aliphatic hydroxyl groups excluding tert-OH is 4. The molecule has 3 unspecified atom stereocenters. The summed E-state index contributed by atoms with van der Waals surface area (Å²) in [6.45, 7) is -0.917. The molecule has 0 aliphatic carbocycles. The minimum absolute atomic E-state index is 0.0843. The number of ether oxygens (including phenoxy) is 4. The van der Waals surface area contributed by atoms with Crippen LogP contribution in [-0.2, 0) is 6.42 Å². The van der Waals surface area contributed by atoms with Gasteiger partial charge in [-0.2, -0.15) is 0 Å². The lowest BCUT2D eigenvalue weighted by Crippen LogP contribution is -2.29. The average molecular weight is 424 g/mol. The molecular formula is C21H28O9.